The van der Waals surface area contributed by atoms with Crippen LogP contribution in [0.1, 0.15) is 39.3 Å². The second kappa shape index (κ2) is 8.32. The molecule has 0 nitrogen and oxygen atoms in total. The van der Waals surface area contributed by atoms with Gasteiger partial charge in [-0.05, 0) is 18.9 Å². The van der Waals surface area contributed by atoms with Crippen molar-refractivity contribution in [2.45, 2.75) is 41.5 Å². The van der Waals surface area contributed by atoms with E-state index in [1.165, 1.54) is 11.1 Å². The average molecular weight is 166 g/mol. The Morgan fingerprint density at radius 2 is 1.42 bits per heavy atom. The average Bonchev–Trinajstić information content (AvgIpc) is 2.10. The zero-order chi connectivity index (χ0) is 8.69. The molecule has 1 aromatic rings. The molecule has 0 bridgehead atoms. The van der Waals surface area contributed by atoms with Gasteiger partial charge in [-0.25, -0.2) is 0 Å². The summed E-state index contributed by atoms with van der Waals surface area (Å²) < 4.78 is 0. The van der Waals surface area contributed by atoms with E-state index in [0.717, 1.165) is 6.42 Å². The molecule has 0 spiro atoms. The Hall–Kier alpha value is -0.780. The summed E-state index contributed by atoms with van der Waals surface area (Å²) in [6, 6.07) is 8.66. The molecule has 1 aromatic carbocycles. The number of hydrogen-bond acceptors (Lipinski definition) is 0. The molecular formula is C12H22. The summed E-state index contributed by atoms with van der Waals surface area (Å²) in [6.07, 6.45) is 1.14. The molecule has 0 saturated carbocycles. The van der Waals surface area contributed by atoms with E-state index in [9.17, 15) is 0 Å². The van der Waals surface area contributed by atoms with Crippen molar-refractivity contribution in [3.63, 3.8) is 0 Å². The first-order chi connectivity index (χ1) is 5.33. The highest BCUT2D eigenvalue weighted by Crippen LogP contribution is 2.02. The molecule has 1 rings (SSSR count). The first-order valence-corrected chi connectivity index (χ1v) is 4.38. The van der Waals surface area contributed by atoms with E-state index in [1.807, 2.05) is 13.8 Å². The highest BCUT2D eigenvalue weighted by molar-refractivity contribution is 5.20. The Labute approximate surface area is 77.6 Å². The molecule has 0 aromatic heterocycles. The topological polar surface area (TPSA) is 0 Å². The molecule has 0 fully saturated rings. The lowest BCUT2D eigenvalue weighted by Crippen LogP contribution is -1.77. The molecule has 0 radical (unpaired) electrons. The molecule has 0 N–H and O–H groups in total. The van der Waals surface area contributed by atoms with Crippen LogP contribution in [-0.4, -0.2) is 0 Å². The van der Waals surface area contributed by atoms with E-state index in [1.54, 1.807) is 0 Å². The highest BCUT2D eigenvalue weighted by atomic mass is 13.9. The van der Waals surface area contributed by atoms with Gasteiger partial charge < -0.3 is 0 Å². The minimum Gasteiger partial charge on any atom is -0.0776 e. The first-order valence-electron chi connectivity index (χ1n) is 4.38. The third-order valence-electron chi connectivity index (χ3n) is 1.53. The molecule has 0 heterocycles. The van der Waals surface area contributed by atoms with Gasteiger partial charge in [0.2, 0.25) is 0 Å². The zero-order valence-electron chi connectivity index (χ0n) is 8.02. The third kappa shape index (κ3) is 4.95. The van der Waals surface area contributed by atoms with Crippen molar-refractivity contribution in [1.82, 2.24) is 0 Å². The van der Waals surface area contributed by atoms with Gasteiger partial charge in [0, 0.05) is 0 Å². The monoisotopic (exact) mass is 166 g/mol. The van der Waals surface area contributed by atoms with Gasteiger partial charge >= 0.3 is 0 Å². The Morgan fingerprint density at radius 3 is 1.75 bits per heavy atom. The van der Waals surface area contributed by atoms with E-state index < -0.39 is 0 Å². The van der Waals surface area contributed by atoms with Crippen LogP contribution in [-0.2, 0) is 6.42 Å². The second-order valence-electron chi connectivity index (χ2n) is 2.34. The van der Waals surface area contributed by atoms with E-state index in [4.69, 9.17) is 0 Å². The number of hydrogen-bond donors (Lipinski definition) is 0. The molecule has 0 amide bonds. The lowest BCUT2D eigenvalue weighted by molar-refractivity contribution is 1.14. The number of aryl methyl sites for hydroxylation is 2. The van der Waals surface area contributed by atoms with E-state index in [-0.39, 0.29) is 7.43 Å². The van der Waals surface area contributed by atoms with Gasteiger partial charge in [0.1, 0.15) is 0 Å². The summed E-state index contributed by atoms with van der Waals surface area (Å²) in [7, 11) is 0. The van der Waals surface area contributed by atoms with Gasteiger partial charge in [0.05, 0.1) is 0 Å². The molecule has 0 aliphatic heterocycles. The van der Waals surface area contributed by atoms with Gasteiger partial charge in [-0.1, -0.05) is 58.0 Å². The number of benzene rings is 1. The summed E-state index contributed by atoms with van der Waals surface area (Å²) >= 11 is 0. The van der Waals surface area contributed by atoms with Crippen LogP contribution in [0.3, 0.4) is 0 Å². The van der Waals surface area contributed by atoms with Gasteiger partial charge in [-0.15, -0.1) is 0 Å². The second-order valence-corrected chi connectivity index (χ2v) is 2.34. The summed E-state index contributed by atoms with van der Waals surface area (Å²) in [5.74, 6) is 0. The fraction of sp³-hybridized carbons (Fsp3) is 0.500. The van der Waals surface area contributed by atoms with Crippen LogP contribution in [0.25, 0.3) is 0 Å². The standard InChI is InChI=1S/C9H12.C2H6.CH4/c1-3-9-6-4-8(2)5-7-9;1-2;/h4-7H,3H2,1-2H3;1-2H3;1H4. The molecule has 0 unspecified atom stereocenters. The van der Waals surface area contributed by atoms with Crippen LogP contribution >= 0.6 is 0 Å². The SMILES string of the molecule is C.CC.CCc1ccc(C)cc1. The highest BCUT2D eigenvalue weighted by Gasteiger charge is 1.84. The Bertz CT molecular complexity index is 172. The van der Waals surface area contributed by atoms with Crippen LogP contribution in [0.15, 0.2) is 24.3 Å². The van der Waals surface area contributed by atoms with Gasteiger partial charge in [0.25, 0.3) is 0 Å². The lowest BCUT2D eigenvalue weighted by atomic mass is 10.1. The van der Waals surface area contributed by atoms with Crippen molar-refractivity contribution in [2.24, 2.45) is 0 Å². The van der Waals surface area contributed by atoms with E-state index in [2.05, 4.69) is 38.1 Å². The minimum absolute atomic E-state index is 0. The summed E-state index contributed by atoms with van der Waals surface area (Å²) in [5, 5.41) is 0. The van der Waals surface area contributed by atoms with Crippen molar-refractivity contribution in [3.05, 3.63) is 35.4 Å². The molecule has 0 aliphatic carbocycles. The molecule has 0 atom stereocenters. The van der Waals surface area contributed by atoms with Gasteiger partial charge in [-0.2, -0.15) is 0 Å². The first kappa shape index (κ1) is 13.8. The van der Waals surface area contributed by atoms with Gasteiger partial charge in [-0.3, -0.25) is 0 Å². The van der Waals surface area contributed by atoms with Gasteiger partial charge in [0.15, 0.2) is 0 Å². The summed E-state index contributed by atoms with van der Waals surface area (Å²) in [6.45, 7) is 8.28. The van der Waals surface area contributed by atoms with Crippen molar-refractivity contribution in [1.29, 1.82) is 0 Å². The maximum atomic E-state index is 2.18. The maximum absolute atomic E-state index is 2.18. The van der Waals surface area contributed by atoms with E-state index >= 15 is 0 Å². The van der Waals surface area contributed by atoms with Crippen LogP contribution in [0.2, 0.25) is 0 Å². The predicted molar refractivity (Wildman–Crippen MR) is 58.6 cm³/mol. The molecule has 0 saturated heterocycles. The largest absolute Gasteiger partial charge is 0.0776 e. The number of rotatable bonds is 1. The summed E-state index contributed by atoms with van der Waals surface area (Å²) in [4.78, 5) is 0. The predicted octanol–water partition coefficient (Wildman–Crippen LogP) is 4.22. The normalized spacial score (nSPS) is 7.67. The van der Waals surface area contributed by atoms with Crippen molar-refractivity contribution < 1.29 is 0 Å². The Balaban J connectivity index is 0. The fourth-order valence-corrected chi connectivity index (χ4v) is 0.824. The lowest BCUT2D eigenvalue weighted by Gasteiger charge is -1.94. The van der Waals surface area contributed by atoms with E-state index in [0.29, 0.717) is 0 Å². The van der Waals surface area contributed by atoms with Crippen LogP contribution in [0, 0.1) is 6.92 Å². The van der Waals surface area contributed by atoms with Crippen molar-refractivity contribution in [3.8, 4) is 0 Å². The Morgan fingerprint density at radius 1 is 1.00 bits per heavy atom. The molecule has 70 valence electrons. The molecule has 12 heavy (non-hydrogen) atoms. The molecule has 0 aliphatic rings. The minimum atomic E-state index is 0. The quantitative estimate of drug-likeness (QED) is 0.586. The van der Waals surface area contributed by atoms with Crippen molar-refractivity contribution >= 4 is 0 Å². The van der Waals surface area contributed by atoms with Crippen LogP contribution in [0.5, 0.6) is 0 Å². The van der Waals surface area contributed by atoms with Crippen LogP contribution < -0.4 is 0 Å². The maximum Gasteiger partial charge on any atom is -0.0307 e. The summed E-state index contributed by atoms with van der Waals surface area (Å²) in [5.41, 5.74) is 2.76. The van der Waals surface area contributed by atoms with Crippen molar-refractivity contribution in [2.75, 3.05) is 0 Å². The Kier molecular flexibility index (Phi) is 9.56. The smallest absolute Gasteiger partial charge is 0.0307 e. The van der Waals surface area contributed by atoms with Crippen LogP contribution in [0.4, 0.5) is 0 Å². The molecular weight excluding hydrogens is 144 g/mol. The third-order valence-corrected chi connectivity index (χ3v) is 1.53. The fourth-order valence-electron chi connectivity index (χ4n) is 0.824. The molecule has 0 heteroatoms. The zero-order valence-corrected chi connectivity index (χ0v) is 8.02.